The van der Waals surface area contributed by atoms with Gasteiger partial charge in [0.1, 0.15) is 0 Å². The van der Waals surface area contributed by atoms with Gasteiger partial charge in [0.2, 0.25) is 0 Å². The van der Waals surface area contributed by atoms with Gasteiger partial charge in [0, 0.05) is 0 Å². The molecule has 0 rings (SSSR count). The van der Waals surface area contributed by atoms with E-state index < -0.39 is 5.97 Å². The van der Waals surface area contributed by atoms with Crippen molar-refractivity contribution in [1.82, 2.24) is 0 Å². The van der Waals surface area contributed by atoms with E-state index in [1.165, 1.54) is 0 Å². The number of carbonyl (C=O) groups is 1. The van der Waals surface area contributed by atoms with E-state index in [0.717, 1.165) is 0 Å². The summed E-state index contributed by atoms with van der Waals surface area (Å²) in [6, 6.07) is 0. The van der Waals surface area contributed by atoms with Gasteiger partial charge in [-0.2, -0.15) is 13.8 Å². The summed E-state index contributed by atoms with van der Waals surface area (Å²) in [5.74, 6) is -0.398. The summed E-state index contributed by atoms with van der Waals surface area (Å²) in [6.07, 6.45) is 0. The van der Waals surface area contributed by atoms with Crippen LogP contribution in [0, 0.1) is 5.92 Å². The van der Waals surface area contributed by atoms with Crippen LogP contribution in [-0.2, 0) is 37.5 Å². The molecule has 3 heteroatoms. The molecular formula is C4H7O2Y+2. The molecule has 0 aromatic rings. The third kappa shape index (κ3) is 6.44. The minimum Gasteiger partial charge on any atom is -0.503 e. The van der Waals surface area contributed by atoms with Crippen LogP contribution in [0.15, 0.2) is 0 Å². The van der Waals surface area contributed by atoms with Crippen molar-refractivity contribution < 1.29 is 42.6 Å². The number of aliphatic carboxylic acids is 1. The molecular weight excluding hydrogens is 169 g/mol. The van der Waals surface area contributed by atoms with Gasteiger partial charge >= 0.3 is 32.7 Å². The van der Waals surface area contributed by atoms with Gasteiger partial charge in [-0.15, -0.1) is 0 Å². The van der Waals surface area contributed by atoms with E-state index in [0.29, 0.717) is 5.92 Å². The molecule has 7 heavy (non-hydrogen) atoms. The fourth-order valence-corrected chi connectivity index (χ4v) is 0. The molecule has 0 radical (unpaired) electrons. The first kappa shape index (κ1) is 10.4. The van der Waals surface area contributed by atoms with E-state index in [-0.39, 0.29) is 32.7 Å². The monoisotopic (exact) mass is 176 g/mol. The second-order valence-electron chi connectivity index (χ2n) is 1.31. The molecule has 0 aromatic heterocycles. The molecule has 0 atom stereocenters. The summed E-state index contributed by atoms with van der Waals surface area (Å²) in [7, 11) is 0. The molecule has 0 unspecified atom stereocenters. The van der Waals surface area contributed by atoms with E-state index in [9.17, 15) is 4.79 Å². The zero-order valence-electron chi connectivity index (χ0n) is 4.43. The van der Waals surface area contributed by atoms with Crippen molar-refractivity contribution in [2.75, 3.05) is 0 Å². The normalized spacial score (nSPS) is 6.57. The van der Waals surface area contributed by atoms with Crippen molar-refractivity contribution in [1.29, 1.82) is 0 Å². The number of hydrogen-bond donors (Lipinski definition) is 1. The molecule has 0 saturated carbocycles. The van der Waals surface area contributed by atoms with Crippen LogP contribution in [0.1, 0.15) is 13.8 Å². The third-order valence-electron chi connectivity index (χ3n) is 0.428. The maximum Gasteiger partial charge on any atom is 3.00 e. The first-order valence-corrected chi connectivity index (χ1v) is 1.68. The Kier molecular flexibility index (Phi) is 6.85. The Hall–Kier alpha value is 0.444. The molecule has 0 aliphatic carbocycles. The van der Waals surface area contributed by atoms with Crippen LogP contribution >= 0.6 is 0 Å². The van der Waals surface area contributed by atoms with Crippen LogP contribution in [0.5, 0.6) is 0 Å². The number of carboxylic acid groups (broad SMARTS) is 1. The molecule has 0 fully saturated rings. The van der Waals surface area contributed by atoms with Gasteiger partial charge < -0.3 is 5.11 Å². The topological polar surface area (TPSA) is 37.3 Å². The quantitative estimate of drug-likeness (QED) is 0.596. The minimum absolute atomic E-state index is 0. The third-order valence-corrected chi connectivity index (χ3v) is 0.428. The number of rotatable bonds is 1. The minimum atomic E-state index is -0.824. The zero-order chi connectivity index (χ0) is 5.15. The predicted molar refractivity (Wildman–Crippen MR) is 22.2 cm³/mol. The smallest absolute Gasteiger partial charge is 0.503 e. The van der Waals surface area contributed by atoms with Gasteiger partial charge in [-0.25, -0.2) is 0 Å². The Morgan fingerprint density at radius 2 is 1.71 bits per heavy atom. The summed E-state index contributed by atoms with van der Waals surface area (Å²) < 4.78 is 0. The van der Waals surface area contributed by atoms with Crippen molar-refractivity contribution in [3.63, 3.8) is 0 Å². The van der Waals surface area contributed by atoms with Crippen LogP contribution in [0.3, 0.4) is 0 Å². The molecule has 0 aliphatic heterocycles. The summed E-state index contributed by atoms with van der Waals surface area (Å²) in [4.78, 5) is 9.66. The van der Waals surface area contributed by atoms with E-state index in [1.54, 1.807) is 13.8 Å². The molecule has 0 saturated heterocycles. The fourth-order valence-electron chi connectivity index (χ4n) is 0. The second-order valence-corrected chi connectivity index (χ2v) is 1.31. The van der Waals surface area contributed by atoms with Crippen LogP contribution in [0.2, 0.25) is 0 Å². The van der Waals surface area contributed by atoms with Gasteiger partial charge in [0.15, 0.2) is 5.97 Å². The molecule has 0 spiro atoms. The summed E-state index contributed by atoms with van der Waals surface area (Å²) in [6.45, 7) is 3.12. The van der Waals surface area contributed by atoms with E-state index in [2.05, 4.69) is 0 Å². The zero-order valence-corrected chi connectivity index (χ0v) is 7.27. The maximum absolute atomic E-state index is 9.66. The standard InChI is InChI=1S/C4H7O2.Y/c1-3(2)4(5)6;/h1-2H3,(H,5,6);/q-1;+3. The molecule has 36 valence electrons. The predicted octanol–water partition coefficient (Wildman–Crippen LogP) is 0.683. The Balaban J connectivity index is 0. The number of carboxylic acids is 1. The first-order valence-electron chi connectivity index (χ1n) is 1.68. The average molecular weight is 176 g/mol. The number of hydrogen-bond acceptors (Lipinski definition) is 1. The van der Waals surface area contributed by atoms with Crippen LogP contribution in [0.25, 0.3) is 0 Å². The van der Waals surface area contributed by atoms with Crippen molar-refractivity contribution in [3.05, 3.63) is 5.92 Å². The van der Waals surface area contributed by atoms with E-state index >= 15 is 0 Å². The van der Waals surface area contributed by atoms with E-state index in [4.69, 9.17) is 5.11 Å². The molecule has 0 aliphatic rings. The van der Waals surface area contributed by atoms with Crippen molar-refractivity contribution in [3.8, 4) is 0 Å². The largest absolute Gasteiger partial charge is 3.00 e. The summed E-state index contributed by atoms with van der Waals surface area (Å²) in [5, 5.41) is 7.95. The van der Waals surface area contributed by atoms with Gasteiger partial charge in [-0.05, 0) is 0 Å². The van der Waals surface area contributed by atoms with Gasteiger partial charge in [0.25, 0.3) is 0 Å². The van der Waals surface area contributed by atoms with Crippen LogP contribution < -0.4 is 0 Å². The van der Waals surface area contributed by atoms with Gasteiger partial charge in [-0.3, -0.25) is 10.7 Å². The molecule has 2 nitrogen and oxygen atoms in total. The SMILES string of the molecule is C[C-](C)C(=O)O.[Y+3]. The Morgan fingerprint density at radius 1 is 1.57 bits per heavy atom. The van der Waals surface area contributed by atoms with E-state index in [1.807, 2.05) is 0 Å². The van der Waals surface area contributed by atoms with Crippen LogP contribution in [-0.4, -0.2) is 11.1 Å². The molecule has 0 aromatic carbocycles. The van der Waals surface area contributed by atoms with Crippen molar-refractivity contribution in [2.45, 2.75) is 13.8 Å². The summed E-state index contributed by atoms with van der Waals surface area (Å²) in [5.41, 5.74) is 0. The first-order chi connectivity index (χ1) is 2.64. The second kappa shape index (κ2) is 4.60. The fraction of sp³-hybridized carbons (Fsp3) is 0.500. The van der Waals surface area contributed by atoms with Gasteiger partial charge in [0.05, 0.1) is 0 Å². The Labute approximate surface area is 68.2 Å². The molecule has 1 N–H and O–H groups in total. The van der Waals surface area contributed by atoms with Crippen molar-refractivity contribution >= 4 is 5.97 Å². The average Bonchev–Trinajstić information content (AvgIpc) is 1.36. The van der Waals surface area contributed by atoms with Crippen molar-refractivity contribution in [2.24, 2.45) is 0 Å². The van der Waals surface area contributed by atoms with Gasteiger partial charge in [-0.1, -0.05) is 0 Å². The Morgan fingerprint density at radius 3 is 1.71 bits per heavy atom. The molecule has 0 heterocycles. The molecule has 0 amide bonds. The molecule has 0 bridgehead atoms. The van der Waals surface area contributed by atoms with Crippen LogP contribution in [0.4, 0.5) is 0 Å². The maximum atomic E-state index is 9.66. The Bertz CT molecular complexity index is 60.7. The summed E-state index contributed by atoms with van der Waals surface area (Å²) >= 11 is 0.